The summed E-state index contributed by atoms with van der Waals surface area (Å²) in [5.41, 5.74) is 2.72. The Balaban J connectivity index is 1.49. The molecule has 0 aliphatic carbocycles. The fraction of sp³-hybridized carbons (Fsp3) is 0.107. The van der Waals surface area contributed by atoms with Crippen molar-refractivity contribution in [3.63, 3.8) is 0 Å². The lowest BCUT2D eigenvalue weighted by molar-refractivity contribution is -0.115. The van der Waals surface area contributed by atoms with Gasteiger partial charge in [-0.25, -0.2) is 4.79 Å². The highest BCUT2D eigenvalue weighted by atomic mass is 32.2. The number of hydrogen-bond acceptors (Lipinski definition) is 4. The maximum absolute atomic E-state index is 13.1. The Labute approximate surface area is 207 Å². The van der Waals surface area contributed by atoms with Gasteiger partial charge >= 0.3 is 5.97 Å². The van der Waals surface area contributed by atoms with E-state index in [2.05, 4.69) is 10.6 Å². The number of amides is 2. The number of carboxylic acids is 1. The molecule has 6 nitrogen and oxygen atoms in total. The average molecular weight is 485 g/mol. The van der Waals surface area contributed by atoms with Crippen LogP contribution in [0.2, 0.25) is 0 Å². The molecule has 1 unspecified atom stereocenters. The van der Waals surface area contributed by atoms with E-state index in [1.807, 2.05) is 44.2 Å². The number of carboxylic acid groups (broad SMARTS) is 1. The van der Waals surface area contributed by atoms with Crippen molar-refractivity contribution in [1.29, 1.82) is 0 Å². The second-order valence-electron chi connectivity index (χ2n) is 8.12. The first kappa shape index (κ1) is 24.0. The third-order valence-corrected chi connectivity index (χ3v) is 6.53. The Morgan fingerprint density at radius 3 is 2.11 bits per heavy atom. The fourth-order valence-corrected chi connectivity index (χ4v) is 4.70. The number of hydrogen-bond donors (Lipinski definition) is 3. The Morgan fingerprint density at radius 2 is 1.43 bits per heavy atom. The van der Waals surface area contributed by atoms with Gasteiger partial charge in [-0.15, -0.1) is 11.8 Å². The zero-order valence-electron chi connectivity index (χ0n) is 19.2. The number of fused-ring (bicyclic) bond motifs is 1. The summed E-state index contributed by atoms with van der Waals surface area (Å²) >= 11 is 1.38. The molecule has 35 heavy (non-hydrogen) atoms. The van der Waals surface area contributed by atoms with Crippen LogP contribution in [0.1, 0.15) is 33.2 Å². The van der Waals surface area contributed by atoms with Gasteiger partial charge in [-0.05, 0) is 67.3 Å². The SMILES string of the molecule is Cc1cccc(NC(=O)C(C)Sc2cccc(NC(=O)c3cccc4cccc(C(=O)O)c34)c2)c1. The number of aromatic carboxylic acids is 1. The summed E-state index contributed by atoms with van der Waals surface area (Å²) in [5.74, 6) is -1.61. The first-order valence-electron chi connectivity index (χ1n) is 11.0. The number of benzene rings is 4. The van der Waals surface area contributed by atoms with Crippen LogP contribution in [0.5, 0.6) is 0 Å². The number of carbonyl (C=O) groups is 3. The smallest absolute Gasteiger partial charge is 0.336 e. The quantitative estimate of drug-likeness (QED) is 0.271. The number of thioether (sulfide) groups is 1. The van der Waals surface area contributed by atoms with Crippen molar-refractivity contribution in [2.24, 2.45) is 0 Å². The molecule has 0 heterocycles. The van der Waals surface area contributed by atoms with E-state index in [-0.39, 0.29) is 22.3 Å². The number of nitrogens with one attached hydrogen (secondary N) is 2. The van der Waals surface area contributed by atoms with Crippen LogP contribution in [0.25, 0.3) is 10.8 Å². The highest BCUT2D eigenvalue weighted by Crippen LogP contribution is 2.28. The topological polar surface area (TPSA) is 95.5 Å². The molecular weight excluding hydrogens is 460 g/mol. The van der Waals surface area contributed by atoms with Crippen molar-refractivity contribution in [1.82, 2.24) is 0 Å². The van der Waals surface area contributed by atoms with Gasteiger partial charge in [0.2, 0.25) is 5.91 Å². The fourth-order valence-electron chi connectivity index (χ4n) is 3.78. The van der Waals surface area contributed by atoms with Crippen molar-refractivity contribution in [3.05, 3.63) is 102 Å². The van der Waals surface area contributed by atoms with E-state index in [4.69, 9.17) is 0 Å². The predicted octanol–water partition coefficient (Wildman–Crippen LogP) is 6.22. The zero-order chi connectivity index (χ0) is 24.9. The van der Waals surface area contributed by atoms with Crippen LogP contribution in [0.15, 0.2) is 89.8 Å². The summed E-state index contributed by atoms with van der Waals surface area (Å²) in [6, 6.07) is 24.9. The van der Waals surface area contributed by atoms with Gasteiger partial charge in [0, 0.05) is 27.2 Å². The molecule has 0 aromatic heterocycles. The van der Waals surface area contributed by atoms with Crippen LogP contribution in [0.3, 0.4) is 0 Å². The molecule has 4 aromatic rings. The van der Waals surface area contributed by atoms with Crippen molar-refractivity contribution in [2.45, 2.75) is 24.0 Å². The maximum Gasteiger partial charge on any atom is 0.336 e. The number of anilines is 2. The minimum Gasteiger partial charge on any atom is -0.478 e. The molecule has 0 saturated heterocycles. The van der Waals surface area contributed by atoms with Crippen LogP contribution in [-0.2, 0) is 4.79 Å². The molecule has 0 radical (unpaired) electrons. The van der Waals surface area contributed by atoms with E-state index >= 15 is 0 Å². The largest absolute Gasteiger partial charge is 0.478 e. The molecule has 2 amide bonds. The van der Waals surface area contributed by atoms with Crippen LogP contribution >= 0.6 is 11.8 Å². The summed E-state index contributed by atoms with van der Waals surface area (Å²) in [4.78, 5) is 38.3. The molecule has 0 aliphatic rings. The molecule has 1 atom stereocenters. The highest BCUT2D eigenvalue weighted by molar-refractivity contribution is 8.00. The number of aryl methyl sites for hydroxylation is 1. The molecule has 0 saturated carbocycles. The molecule has 0 spiro atoms. The molecule has 7 heteroatoms. The monoisotopic (exact) mass is 484 g/mol. The molecule has 4 rings (SSSR count). The lowest BCUT2D eigenvalue weighted by Gasteiger charge is -2.14. The molecule has 176 valence electrons. The Kier molecular flexibility index (Phi) is 7.17. The maximum atomic E-state index is 13.1. The highest BCUT2D eigenvalue weighted by Gasteiger charge is 2.18. The standard InChI is InChI=1S/C28H24N2O4S/c1-17-7-3-10-20(15-17)29-26(31)18(2)35-22-12-6-11-21(16-22)30-27(32)23-13-4-8-19-9-5-14-24(25(19)23)28(33)34/h3-16,18H,1-2H3,(H,29,31)(H,30,32)(H,33,34). The van der Waals surface area contributed by atoms with Gasteiger partial charge in [-0.3, -0.25) is 9.59 Å². The number of rotatable bonds is 7. The van der Waals surface area contributed by atoms with Crippen LogP contribution in [0.4, 0.5) is 11.4 Å². The van der Waals surface area contributed by atoms with Crippen LogP contribution in [-0.4, -0.2) is 28.1 Å². The van der Waals surface area contributed by atoms with Gasteiger partial charge in [0.05, 0.1) is 10.8 Å². The van der Waals surface area contributed by atoms with Gasteiger partial charge in [0.15, 0.2) is 0 Å². The third-order valence-electron chi connectivity index (χ3n) is 5.44. The summed E-state index contributed by atoms with van der Waals surface area (Å²) < 4.78 is 0. The third kappa shape index (κ3) is 5.70. The summed E-state index contributed by atoms with van der Waals surface area (Å²) in [6.45, 7) is 3.79. The molecule has 0 bridgehead atoms. The Bertz CT molecular complexity index is 1430. The molecular formula is C28H24N2O4S. The lowest BCUT2D eigenvalue weighted by atomic mass is 9.98. The zero-order valence-corrected chi connectivity index (χ0v) is 20.1. The van der Waals surface area contributed by atoms with Crippen LogP contribution in [0, 0.1) is 6.92 Å². The van der Waals surface area contributed by atoms with Crippen molar-refractivity contribution in [2.75, 3.05) is 10.6 Å². The average Bonchev–Trinajstić information content (AvgIpc) is 2.83. The van der Waals surface area contributed by atoms with Crippen molar-refractivity contribution < 1.29 is 19.5 Å². The molecule has 4 aromatic carbocycles. The summed E-state index contributed by atoms with van der Waals surface area (Å²) in [5, 5.41) is 16.1. The first-order chi connectivity index (χ1) is 16.8. The first-order valence-corrected chi connectivity index (χ1v) is 11.9. The van der Waals surface area contributed by atoms with E-state index in [1.165, 1.54) is 17.8 Å². The lowest BCUT2D eigenvalue weighted by Crippen LogP contribution is -2.22. The van der Waals surface area contributed by atoms with E-state index in [0.717, 1.165) is 16.1 Å². The minimum absolute atomic E-state index is 0.0750. The van der Waals surface area contributed by atoms with E-state index in [1.54, 1.807) is 48.5 Å². The second-order valence-corrected chi connectivity index (χ2v) is 9.53. The van der Waals surface area contributed by atoms with Gasteiger partial charge in [-0.2, -0.15) is 0 Å². The van der Waals surface area contributed by atoms with Gasteiger partial charge in [0.25, 0.3) is 5.91 Å². The molecule has 0 aliphatic heterocycles. The van der Waals surface area contributed by atoms with E-state index in [0.29, 0.717) is 16.5 Å². The Hall–Kier alpha value is -4.10. The van der Waals surface area contributed by atoms with Gasteiger partial charge in [-0.1, -0.05) is 42.5 Å². The Morgan fingerprint density at radius 1 is 0.800 bits per heavy atom. The summed E-state index contributed by atoms with van der Waals surface area (Å²) in [6.07, 6.45) is 0. The van der Waals surface area contributed by atoms with E-state index < -0.39 is 11.9 Å². The van der Waals surface area contributed by atoms with Crippen molar-refractivity contribution >= 4 is 51.7 Å². The normalized spacial score (nSPS) is 11.6. The van der Waals surface area contributed by atoms with E-state index in [9.17, 15) is 19.5 Å². The van der Waals surface area contributed by atoms with Gasteiger partial charge < -0.3 is 15.7 Å². The second kappa shape index (κ2) is 10.4. The van der Waals surface area contributed by atoms with Gasteiger partial charge in [0.1, 0.15) is 0 Å². The predicted molar refractivity (Wildman–Crippen MR) is 140 cm³/mol. The summed E-state index contributed by atoms with van der Waals surface area (Å²) in [7, 11) is 0. The minimum atomic E-state index is -1.09. The van der Waals surface area contributed by atoms with Crippen LogP contribution < -0.4 is 10.6 Å². The van der Waals surface area contributed by atoms with Crippen molar-refractivity contribution in [3.8, 4) is 0 Å². The number of carbonyl (C=O) groups excluding carboxylic acids is 2. The molecule has 3 N–H and O–H groups in total. The molecule has 0 fully saturated rings.